The standard InChI is InChI=1S/C14H20ClNO2/c15-9-13(17)14(18)12-3-1-10(2-4-12)11-5-7-16-8-6-11/h1-4,11,13-14,16-18H,5-9H2. The minimum absolute atomic E-state index is 0.0389. The van der Waals surface area contributed by atoms with Crippen molar-refractivity contribution < 1.29 is 10.2 Å². The molecular formula is C14H20ClNO2. The molecule has 1 saturated heterocycles. The van der Waals surface area contributed by atoms with Gasteiger partial charge < -0.3 is 15.5 Å². The number of piperidine rings is 1. The van der Waals surface area contributed by atoms with Crippen LogP contribution in [0.1, 0.15) is 36.0 Å². The maximum atomic E-state index is 9.85. The number of rotatable bonds is 4. The Bertz CT molecular complexity index is 342. The molecule has 0 aliphatic carbocycles. The van der Waals surface area contributed by atoms with Gasteiger partial charge in [-0.2, -0.15) is 0 Å². The SMILES string of the molecule is OC(CCl)C(O)c1ccc(C2CCNCC2)cc1. The summed E-state index contributed by atoms with van der Waals surface area (Å²) in [7, 11) is 0. The van der Waals surface area contributed by atoms with E-state index in [0.29, 0.717) is 5.92 Å². The number of hydrogen-bond donors (Lipinski definition) is 3. The molecule has 1 aliphatic rings. The molecule has 3 nitrogen and oxygen atoms in total. The van der Waals surface area contributed by atoms with E-state index >= 15 is 0 Å². The molecule has 0 saturated carbocycles. The molecule has 1 heterocycles. The molecule has 0 amide bonds. The van der Waals surface area contributed by atoms with Crippen LogP contribution in [0.4, 0.5) is 0 Å². The Morgan fingerprint density at radius 1 is 1.17 bits per heavy atom. The largest absolute Gasteiger partial charge is 0.389 e. The first kappa shape index (κ1) is 13.8. The summed E-state index contributed by atoms with van der Waals surface area (Å²) in [5.41, 5.74) is 2.04. The lowest BCUT2D eigenvalue weighted by Crippen LogP contribution is -2.26. The van der Waals surface area contributed by atoms with Crippen molar-refractivity contribution >= 4 is 11.6 Å². The lowest BCUT2D eigenvalue weighted by atomic mass is 9.89. The Kier molecular flexibility index (Phi) is 5.01. The first-order valence-corrected chi connectivity index (χ1v) is 6.98. The number of benzene rings is 1. The van der Waals surface area contributed by atoms with Gasteiger partial charge >= 0.3 is 0 Å². The number of nitrogens with one attached hydrogen (secondary N) is 1. The van der Waals surface area contributed by atoms with Crippen LogP contribution in [0, 0.1) is 0 Å². The maximum Gasteiger partial charge on any atom is 0.106 e. The second-order valence-corrected chi connectivity index (χ2v) is 5.17. The predicted molar refractivity (Wildman–Crippen MR) is 73.0 cm³/mol. The summed E-state index contributed by atoms with van der Waals surface area (Å²) in [4.78, 5) is 0. The van der Waals surface area contributed by atoms with Crippen molar-refractivity contribution in [2.75, 3.05) is 19.0 Å². The summed E-state index contributed by atoms with van der Waals surface area (Å²) in [6.07, 6.45) is 0.513. The van der Waals surface area contributed by atoms with Gasteiger partial charge in [0.15, 0.2) is 0 Å². The van der Waals surface area contributed by atoms with Crippen LogP contribution in [0.3, 0.4) is 0 Å². The van der Waals surface area contributed by atoms with E-state index in [9.17, 15) is 10.2 Å². The third kappa shape index (κ3) is 3.23. The molecule has 0 spiro atoms. The molecule has 2 unspecified atom stereocenters. The minimum atomic E-state index is -0.906. The second kappa shape index (κ2) is 6.53. The smallest absolute Gasteiger partial charge is 0.106 e. The first-order chi connectivity index (χ1) is 8.72. The summed E-state index contributed by atoms with van der Waals surface area (Å²) < 4.78 is 0. The maximum absolute atomic E-state index is 9.85. The van der Waals surface area contributed by atoms with Crippen LogP contribution in [0.15, 0.2) is 24.3 Å². The fourth-order valence-electron chi connectivity index (χ4n) is 2.43. The molecule has 1 aromatic rings. The number of alkyl halides is 1. The topological polar surface area (TPSA) is 52.5 Å². The average Bonchev–Trinajstić information content (AvgIpc) is 2.47. The molecule has 3 N–H and O–H groups in total. The van der Waals surface area contributed by atoms with E-state index in [1.807, 2.05) is 12.1 Å². The number of hydrogen-bond acceptors (Lipinski definition) is 3. The highest BCUT2D eigenvalue weighted by atomic mass is 35.5. The Morgan fingerprint density at radius 3 is 2.33 bits per heavy atom. The van der Waals surface area contributed by atoms with Crippen LogP contribution in [0.25, 0.3) is 0 Å². The summed E-state index contributed by atoms with van der Waals surface area (Å²) in [5.74, 6) is 0.646. The molecule has 4 heteroatoms. The molecule has 1 aliphatic heterocycles. The Balaban J connectivity index is 2.04. The van der Waals surface area contributed by atoms with E-state index in [1.54, 1.807) is 0 Å². The Hall–Kier alpha value is -0.610. The summed E-state index contributed by atoms with van der Waals surface area (Å²) in [5, 5.41) is 22.7. The van der Waals surface area contributed by atoms with Crippen molar-refractivity contribution in [2.24, 2.45) is 0 Å². The fourth-order valence-corrected chi connectivity index (χ4v) is 2.60. The molecule has 2 rings (SSSR count). The Morgan fingerprint density at radius 2 is 1.78 bits per heavy atom. The lowest BCUT2D eigenvalue weighted by molar-refractivity contribution is 0.0327. The van der Waals surface area contributed by atoms with E-state index < -0.39 is 12.2 Å². The van der Waals surface area contributed by atoms with Gasteiger partial charge in [-0.05, 0) is 43.0 Å². The van der Waals surface area contributed by atoms with Gasteiger partial charge in [-0.3, -0.25) is 0 Å². The fraction of sp³-hybridized carbons (Fsp3) is 0.571. The monoisotopic (exact) mass is 269 g/mol. The van der Waals surface area contributed by atoms with Crippen LogP contribution in [0.5, 0.6) is 0 Å². The normalized spacial score (nSPS) is 20.6. The zero-order chi connectivity index (χ0) is 13.0. The van der Waals surface area contributed by atoms with E-state index in [4.69, 9.17) is 11.6 Å². The highest BCUT2D eigenvalue weighted by Gasteiger charge is 2.19. The molecule has 1 fully saturated rings. The summed E-state index contributed by atoms with van der Waals surface area (Å²) in [6.45, 7) is 2.14. The van der Waals surface area contributed by atoms with Crippen molar-refractivity contribution in [1.29, 1.82) is 0 Å². The number of aliphatic hydroxyl groups is 2. The molecule has 0 aromatic heterocycles. The van der Waals surface area contributed by atoms with Crippen molar-refractivity contribution in [1.82, 2.24) is 5.32 Å². The van der Waals surface area contributed by atoms with Gasteiger partial charge in [-0.1, -0.05) is 24.3 Å². The first-order valence-electron chi connectivity index (χ1n) is 6.45. The quantitative estimate of drug-likeness (QED) is 0.731. The van der Waals surface area contributed by atoms with Crippen LogP contribution < -0.4 is 5.32 Å². The molecule has 1 aromatic carbocycles. The molecular weight excluding hydrogens is 250 g/mol. The van der Waals surface area contributed by atoms with Crippen molar-refractivity contribution in [2.45, 2.75) is 31.0 Å². The van der Waals surface area contributed by atoms with E-state index in [-0.39, 0.29) is 5.88 Å². The molecule has 0 bridgehead atoms. The van der Waals surface area contributed by atoms with E-state index in [2.05, 4.69) is 17.4 Å². The highest BCUT2D eigenvalue weighted by Crippen LogP contribution is 2.27. The number of halogens is 1. The van der Waals surface area contributed by atoms with Gasteiger partial charge in [0.25, 0.3) is 0 Å². The van der Waals surface area contributed by atoms with Gasteiger partial charge in [0.05, 0.1) is 12.0 Å². The third-order valence-corrected chi connectivity index (χ3v) is 3.93. The molecule has 0 radical (unpaired) electrons. The Labute approximate surface area is 113 Å². The molecule has 100 valence electrons. The lowest BCUT2D eigenvalue weighted by Gasteiger charge is -2.23. The highest BCUT2D eigenvalue weighted by molar-refractivity contribution is 6.18. The zero-order valence-corrected chi connectivity index (χ0v) is 11.1. The van der Waals surface area contributed by atoms with Gasteiger partial charge in [0.2, 0.25) is 0 Å². The number of aliphatic hydroxyl groups excluding tert-OH is 2. The van der Waals surface area contributed by atoms with E-state index in [1.165, 1.54) is 5.56 Å². The van der Waals surface area contributed by atoms with Crippen molar-refractivity contribution in [3.05, 3.63) is 35.4 Å². The van der Waals surface area contributed by atoms with Gasteiger partial charge in [0, 0.05) is 0 Å². The van der Waals surface area contributed by atoms with Crippen LogP contribution in [-0.4, -0.2) is 35.3 Å². The minimum Gasteiger partial charge on any atom is -0.389 e. The third-order valence-electron chi connectivity index (χ3n) is 3.61. The average molecular weight is 270 g/mol. The molecule has 18 heavy (non-hydrogen) atoms. The molecule has 2 atom stereocenters. The van der Waals surface area contributed by atoms with Gasteiger partial charge in [-0.15, -0.1) is 11.6 Å². The van der Waals surface area contributed by atoms with Crippen LogP contribution >= 0.6 is 11.6 Å². The van der Waals surface area contributed by atoms with Gasteiger partial charge in [-0.25, -0.2) is 0 Å². The van der Waals surface area contributed by atoms with Crippen molar-refractivity contribution in [3.8, 4) is 0 Å². The second-order valence-electron chi connectivity index (χ2n) is 4.86. The summed E-state index contributed by atoms with van der Waals surface area (Å²) in [6, 6.07) is 7.88. The van der Waals surface area contributed by atoms with E-state index in [0.717, 1.165) is 31.5 Å². The van der Waals surface area contributed by atoms with Crippen LogP contribution in [0.2, 0.25) is 0 Å². The zero-order valence-electron chi connectivity index (χ0n) is 10.3. The van der Waals surface area contributed by atoms with Gasteiger partial charge in [0.1, 0.15) is 6.10 Å². The summed E-state index contributed by atoms with van der Waals surface area (Å²) >= 11 is 5.53. The predicted octanol–water partition coefficient (Wildman–Crippen LogP) is 1.79. The van der Waals surface area contributed by atoms with Crippen molar-refractivity contribution in [3.63, 3.8) is 0 Å². The van der Waals surface area contributed by atoms with Crippen LogP contribution in [-0.2, 0) is 0 Å².